The molecule has 0 spiro atoms. The third-order valence-electron chi connectivity index (χ3n) is 11.0. The van der Waals surface area contributed by atoms with E-state index in [0.717, 1.165) is 27.8 Å². The van der Waals surface area contributed by atoms with Crippen molar-refractivity contribution in [2.75, 3.05) is 14.2 Å². The summed E-state index contributed by atoms with van der Waals surface area (Å²) in [5.74, 6) is 0. The molecular weight excluding hydrogens is 667 g/mol. The number of hydrogen-bond donors (Lipinski definition) is 0. The molecule has 1 aliphatic rings. The molecule has 0 bridgehead atoms. The second-order valence-electron chi connectivity index (χ2n) is 14.2. The van der Waals surface area contributed by atoms with Gasteiger partial charge >= 0.3 is 7.12 Å². The molecule has 6 heteroatoms. The molecule has 7 rings (SSSR count). The van der Waals surface area contributed by atoms with E-state index < -0.39 is 38.6 Å². The van der Waals surface area contributed by atoms with Crippen molar-refractivity contribution >= 4 is 26.5 Å². The highest BCUT2D eigenvalue weighted by molar-refractivity contribution is 6.98. The zero-order valence-electron chi connectivity index (χ0n) is 30.9. The Hall–Kier alpha value is -4.82. The summed E-state index contributed by atoms with van der Waals surface area (Å²) >= 11 is 0. The zero-order chi connectivity index (χ0) is 36.7. The van der Waals surface area contributed by atoms with E-state index in [1.54, 1.807) is 14.2 Å². The van der Waals surface area contributed by atoms with Crippen LogP contribution in [-0.4, -0.2) is 41.6 Å². The van der Waals surface area contributed by atoms with Gasteiger partial charge in [-0.1, -0.05) is 212 Å². The smallest absolute Gasteiger partial charge is 0.402 e. The minimum atomic E-state index is -2.36. The van der Waals surface area contributed by atoms with Crippen molar-refractivity contribution in [3.8, 4) is 0 Å². The number of allylic oxidation sites excluding steroid dienone is 1. The lowest BCUT2D eigenvalue weighted by Gasteiger charge is -2.47. The average molecular weight is 715 g/mol. The molecule has 266 valence electrons. The van der Waals surface area contributed by atoms with Crippen molar-refractivity contribution in [1.82, 2.24) is 0 Å². The SMILES string of the molecule is COC(c1ccccc1)(c1ccccc1)[C@@H]1OB([C@@H](/C=C/c2ccccc2)[Si](C)(C)c2ccccc2)O[C@H]1C(OC)(c1ccccc1)c1ccccc1. The molecule has 0 aliphatic carbocycles. The van der Waals surface area contributed by atoms with Crippen LogP contribution in [0.3, 0.4) is 0 Å². The van der Waals surface area contributed by atoms with Crippen LogP contribution >= 0.6 is 0 Å². The fourth-order valence-corrected chi connectivity index (χ4v) is 11.1. The molecule has 6 aromatic carbocycles. The van der Waals surface area contributed by atoms with Gasteiger partial charge < -0.3 is 18.8 Å². The van der Waals surface area contributed by atoms with E-state index >= 15 is 0 Å². The number of benzene rings is 6. The van der Waals surface area contributed by atoms with E-state index in [0.29, 0.717) is 0 Å². The number of rotatable bonds is 13. The molecule has 0 aromatic heterocycles. The molecule has 3 atom stereocenters. The summed E-state index contributed by atoms with van der Waals surface area (Å²) in [6.45, 7) is 4.82. The minimum Gasteiger partial charge on any atom is -0.402 e. The molecule has 0 unspecified atom stereocenters. The quantitative estimate of drug-likeness (QED) is 0.112. The maximum absolute atomic E-state index is 7.60. The first kappa shape index (κ1) is 36.5. The molecule has 0 amide bonds. The van der Waals surface area contributed by atoms with Crippen LogP contribution < -0.4 is 5.19 Å². The van der Waals surface area contributed by atoms with Crippen molar-refractivity contribution in [2.24, 2.45) is 0 Å². The number of methoxy groups -OCH3 is 2. The molecule has 1 fully saturated rings. The first-order chi connectivity index (χ1) is 25.9. The molecule has 1 aliphatic heterocycles. The van der Waals surface area contributed by atoms with Crippen LogP contribution in [0.1, 0.15) is 27.8 Å². The summed E-state index contributed by atoms with van der Waals surface area (Å²) in [6.07, 6.45) is 3.19. The van der Waals surface area contributed by atoms with E-state index in [-0.39, 0.29) is 5.44 Å². The van der Waals surface area contributed by atoms with Crippen molar-refractivity contribution < 1.29 is 18.8 Å². The molecular formula is C47H47BO4Si. The summed E-state index contributed by atoms with van der Waals surface area (Å²) in [6, 6.07) is 62.9. The Morgan fingerprint density at radius 3 is 1.17 bits per heavy atom. The van der Waals surface area contributed by atoms with Crippen molar-refractivity contribution in [3.63, 3.8) is 0 Å². The second kappa shape index (κ2) is 16.0. The fraction of sp³-hybridized carbons (Fsp3) is 0.191. The van der Waals surface area contributed by atoms with Gasteiger partial charge in [0.2, 0.25) is 0 Å². The highest BCUT2D eigenvalue weighted by Gasteiger charge is 2.63. The van der Waals surface area contributed by atoms with Gasteiger partial charge in [0.1, 0.15) is 23.4 Å². The molecule has 0 saturated carbocycles. The van der Waals surface area contributed by atoms with Crippen molar-refractivity contribution in [2.45, 2.75) is 41.9 Å². The van der Waals surface area contributed by atoms with Gasteiger partial charge in [-0.25, -0.2) is 0 Å². The monoisotopic (exact) mass is 714 g/mol. The largest absolute Gasteiger partial charge is 0.462 e. The Labute approximate surface area is 316 Å². The summed E-state index contributed by atoms with van der Waals surface area (Å²) < 4.78 is 29.0. The summed E-state index contributed by atoms with van der Waals surface area (Å²) in [4.78, 5) is 0. The maximum atomic E-state index is 7.60. The lowest BCUT2D eigenvalue weighted by Crippen LogP contribution is -2.56. The minimum absolute atomic E-state index is 0.0974. The van der Waals surface area contributed by atoms with E-state index in [1.807, 2.05) is 30.3 Å². The fourth-order valence-electron chi connectivity index (χ4n) is 8.20. The van der Waals surface area contributed by atoms with Gasteiger partial charge in [0.15, 0.2) is 0 Å². The number of ether oxygens (including phenoxy) is 2. The van der Waals surface area contributed by atoms with Gasteiger partial charge in [-0.3, -0.25) is 0 Å². The van der Waals surface area contributed by atoms with Crippen molar-refractivity contribution in [1.29, 1.82) is 0 Å². The van der Waals surface area contributed by atoms with E-state index in [4.69, 9.17) is 18.8 Å². The highest BCUT2D eigenvalue weighted by Crippen LogP contribution is 2.52. The van der Waals surface area contributed by atoms with Gasteiger partial charge in [0.25, 0.3) is 0 Å². The number of hydrogen-bond acceptors (Lipinski definition) is 4. The molecule has 1 heterocycles. The van der Waals surface area contributed by atoms with Crippen LogP contribution in [0.5, 0.6) is 0 Å². The summed E-state index contributed by atoms with van der Waals surface area (Å²) in [7, 11) is 0.557. The molecule has 1 saturated heterocycles. The van der Waals surface area contributed by atoms with Crippen LogP contribution in [0.25, 0.3) is 6.08 Å². The first-order valence-electron chi connectivity index (χ1n) is 18.4. The van der Waals surface area contributed by atoms with Gasteiger partial charge in [0.05, 0.1) is 8.07 Å². The standard InChI is InChI=1S/C47H47BO4Si/c1-49-46(38-25-13-6-14-26-38,39-27-15-7-16-28-39)44-45(47(50-2,40-29-17-8-18-30-40)41-31-19-9-20-32-41)52-48(51-44)43(36-35-37-23-11-5-12-24-37)53(3,4)42-33-21-10-22-34-42/h5-36,43-45H,1-4H3/b36-35+/t43-,44-,45-/m1/s1. The lowest BCUT2D eigenvalue weighted by atomic mass is 9.71. The maximum Gasteiger partial charge on any atom is 0.462 e. The predicted octanol–water partition coefficient (Wildman–Crippen LogP) is 9.68. The average Bonchev–Trinajstić information content (AvgIpc) is 3.66. The van der Waals surface area contributed by atoms with E-state index in [1.165, 1.54) is 5.19 Å². The van der Waals surface area contributed by atoms with Crippen LogP contribution in [-0.2, 0) is 30.0 Å². The van der Waals surface area contributed by atoms with Gasteiger partial charge in [-0.2, -0.15) is 0 Å². The van der Waals surface area contributed by atoms with Crippen LogP contribution in [0, 0.1) is 0 Å². The molecule has 4 nitrogen and oxygen atoms in total. The Morgan fingerprint density at radius 2 is 0.830 bits per heavy atom. The molecule has 53 heavy (non-hydrogen) atoms. The Morgan fingerprint density at radius 1 is 0.509 bits per heavy atom. The Bertz CT molecular complexity index is 1870. The van der Waals surface area contributed by atoms with Gasteiger partial charge in [-0.15, -0.1) is 0 Å². The summed E-state index contributed by atoms with van der Waals surface area (Å²) in [5.41, 5.74) is 2.74. The molecule has 6 aromatic rings. The molecule has 0 N–H and O–H groups in total. The molecule has 0 radical (unpaired) electrons. The first-order valence-corrected chi connectivity index (χ1v) is 21.4. The van der Waals surface area contributed by atoms with Crippen LogP contribution in [0.4, 0.5) is 0 Å². The lowest BCUT2D eigenvalue weighted by molar-refractivity contribution is -0.136. The Balaban J connectivity index is 1.50. The van der Waals surface area contributed by atoms with Gasteiger partial charge in [0, 0.05) is 19.7 Å². The predicted molar refractivity (Wildman–Crippen MR) is 220 cm³/mol. The normalized spacial score (nSPS) is 17.2. The summed E-state index contributed by atoms with van der Waals surface area (Å²) in [5, 5.41) is 1.32. The zero-order valence-corrected chi connectivity index (χ0v) is 31.9. The third-order valence-corrected chi connectivity index (χ3v) is 15.0. The van der Waals surface area contributed by atoms with Crippen LogP contribution in [0.2, 0.25) is 18.5 Å². The highest BCUT2D eigenvalue weighted by atomic mass is 28.3. The topological polar surface area (TPSA) is 36.9 Å². The van der Waals surface area contributed by atoms with E-state index in [9.17, 15) is 0 Å². The third kappa shape index (κ3) is 6.90. The Kier molecular flexibility index (Phi) is 11.1. The van der Waals surface area contributed by atoms with Gasteiger partial charge in [-0.05, 0) is 27.8 Å². The van der Waals surface area contributed by atoms with E-state index in [2.05, 4.69) is 177 Å². The second-order valence-corrected chi connectivity index (χ2v) is 18.9. The van der Waals surface area contributed by atoms with Crippen molar-refractivity contribution in [3.05, 3.63) is 216 Å². The van der Waals surface area contributed by atoms with Crippen LogP contribution in [0.15, 0.2) is 188 Å².